The minimum absolute atomic E-state index is 0.0336. The van der Waals surface area contributed by atoms with Gasteiger partial charge in [0.2, 0.25) is 0 Å². The summed E-state index contributed by atoms with van der Waals surface area (Å²) in [6.07, 6.45) is -7.28. The Hall–Kier alpha value is -0.640. The lowest BCUT2D eigenvalue weighted by atomic mass is 9.94. The third-order valence-corrected chi connectivity index (χ3v) is 3.45. The molecule has 0 aliphatic carbocycles. The average Bonchev–Trinajstić information content (AvgIpc) is 2.19. The Bertz CT molecular complexity index is 469. The molecule has 0 radical (unpaired) electrons. The van der Waals surface area contributed by atoms with Crippen molar-refractivity contribution in [2.75, 3.05) is 0 Å². The maximum atomic E-state index is 13.4. The molecule has 10 heteroatoms. The van der Waals surface area contributed by atoms with Crippen LogP contribution in [0.3, 0.4) is 0 Å². The van der Waals surface area contributed by atoms with Crippen LogP contribution in [0.2, 0.25) is 0 Å². The highest BCUT2D eigenvalue weighted by atomic mass is 32.2. The van der Waals surface area contributed by atoms with Gasteiger partial charge < -0.3 is 8.92 Å². The third-order valence-electron chi connectivity index (χ3n) is 2.76. The van der Waals surface area contributed by atoms with Gasteiger partial charge in [-0.05, 0) is 33.8 Å². The largest absolute Gasteiger partial charge is 0.453 e. The van der Waals surface area contributed by atoms with E-state index in [-0.39, 0.29) is 12.2 Å². The minimum Gasteiger partial charge on any atom is -0.424 e. The summed E-state index contributed by atoms with van der Waals surface area (Å²) in [4.78, 5) is 0. The molecule has 1 rings (SSSR count). The highest BCUT2D eigenvalue weighted by Crippen LogP contribution is 2.48. The zero-order valence-corrected chi connectivity index (χ0v) is 13.7. The van der Waals surface area contributed by atoms with Gasteiger partial charge in [0.25, 0.3) is 0 Å². The van der Waals surface area contributed by atoms with E-state index in [0.29, 0.717) is 0 Å². The van der Waals surface area contributed by atoms with Crippen LogP contribution >= 0.6 is 12.0 Å². The van der Waals surface area contributed by atoms with Gasteiger partial charge in [-0.15, -0.1) is 0 Å². The van der Waals surface area contributed by atoms with E-state index < -0.39 is 47.0 Å². The van der Waals surface area contributed by atoms with Crippen LogP contribution in [0, 0.1) is 0 Å². The van der Waals surface area contributed by atoms with Crippen LogP contribution < -0.4 is 0 Å². The van der Waals surface area contributed by atoms with E-state index in [1.54, 1.807) is 27.7 Å². The fraction of sp³-hybridized carbons (Fsp3) is 0.846. The van der Waals surface area contributed by atoms with E-state index in [1.807, 2.05) is 0 Å². The molecule has 0 unspecified atom stereocenters. The van der Waals surface area contributed by atoms with Crippen molar-refractivity contribution in [2.45, 2.75) is 69.1 Å². The smallest absolute Gasteiger partial charge is 0.424 e. The number of hydrogen-bond acceptors (Lipinski definition) is 3. The van der Waals surface area contributed by atoms with Gasteiger partial charge in [0, 0.05) is 6.42 Å². The zero-order valence-electron chi connectivity index (χ0n) is 12.9. The summed E-state index contributed by atoms with van der Waals surface area (Å²) >= 11 is -0.707. The number of rotatable bonds is 5. The molecule has 0 N–H and O–H groups in total. The van der Waals surface area contributed by atoms with E-state index in [0.717, 1.165) is 0 Å². The van der Waals surface area contributed by atoms with Crippen LogP contribution in [-0.4, -0.2) is 28.6 Å². The molecule has 0 aromatic heterocycles. The summed E-state index contributed by atoms with van der Waals surface area (Å²) in [5, 5.41) is -4.41. The van der Waals surface area contributed by atoms with Crippen molar-refractivity contribution >= 4 is 12.0 Å². The first-order valence-corrected chi connectivity index (χ1v) is 7.29. The van der Waals surface area contributed by atoms with Gasteiger partial charge in [0.1, 0.15) is 17.8 Å². The van der Waals surface area contributed by atoms with Crippen molar-refractivity contribution in [3.05, 3.63) is 11.8 Å². The van der Waals surface area contributed by atoms with E-state index in [1.165, 1.54) is 6.08 Å². The number of ether oxygens (including phenoxy) is 1. The van der Waals surface area contributed by atoms with Crippen LogP contribution in [0.5, 0.6) is 0 Å². The molecule has 0 saturated heterocycles. The fourth-order valence-corrected chi connectivity index (χ4v) is 2.77. The summed E-state index contributed by atoms with van der Waals surface area (Å²) < 4.78 is 98.6. The number of hydrogen-bond donors (Lipinski definition) is 0. The van der Waals surface area contributed by atoms with E-state index in [4.69, 9.17) is 8.92 Å². The quantitative estimate of drug-likeness (QED) is 0.457. The highest BCUT2D eigenvalue weighted by molar-refractivity contribution is 7.95. The summed E-state index contributed by atoms with van der Waals surface area (Å²) in [5.74, 6) is -5.47. The Morgan fingerprint density at radius 2 is 1.61 bits per heavy atom. The van der Waals surface area contributed by atoms with Crippen LogP contribution in [0.25, 0.3) is 0 Å². The first-order valence-electron chi connectivity index (χ1n) is 6.55. The first kappa shape index (κ1) is 20.4. The molecule has 1 aliphatic rings. The second-order valence-electron chi connectivity index (χ2n) is 6.44. The summed E-state index contributed by atoms with van der Waals surface area (Å²) in [5.41, 5.74) is -1.60. The molecule has 136 valence electrons. The van der Waals surface area contributed by atoms with Crippen LogP contribution in [-0.2, 0) is 8.92 Å². The standard InChI is InChI=1S/C13H17F7O2S/c1-9(2)5-8(6-10(3,4)22-9)21-23-12(16,17)7-11(14,15)13(18,19)20/h5H,6-7H2,1-4H3. The van der Waals surface area contributed by atoms with Crippen molar-refractivity contribution in [1.29, 1.82) is 0 Å². The van der Waals surface area contributed by atoms with Crippen LogP contribution in [0.4, 0.5) is 30.7 Å². The molecule has 2 nitrogen and oxygen atoms in total. The van der Waals surface area contributed by atoms with Crippen molar-refractivity contribution in [3.8, 4) is 0 Å². The fourth-order valence-electron chi connectivity index (χ4n) is 2.19. The molecular weight excluding hydrogens is 353 g/mol. The van der Waals surface area contributed by atoms with Crippen molar-refractivity contribution in [2.24, 2.45) is 0 Å². The molecule has 0 amide bonds. The predicted octanol–water partition coefficient (Wildman–Crippen LogP) is 5.69. The normalized spacial score (nSPS) is 21.8. The van der Waals surface area contributed by atoms with Gasteiger partial charge >= 0.3 is 17.4 Å². The van der Waals surface area contributed by atoms with Gasteiger partial charge in [-0.1, -0.05) is 0 Å². The molecule has 0 fully saturated rings. The Labute approximate surface area is 133 Å². The lowest BCUT2D eigenvalue weighted by Gasteiger charge is -2.39. The maximum absolute atomic E-state index is 13.4. The minimum atomic E-state index is -6.04. The Morgan fingerprint density at radius 1 is 1.09 bits per heavy atom. The lowest BCUT2D eigenvalue weighted by molar-refractivity contribution is -0.294. The van der Waals surface area contributed by atoms with Crippen molar-refractivity contribution in [3.63, 3.8) is 0 Å². The van der Waals surface area contributed by atoms with Gasteiger partial charge in [-0.25, -0.2) is 0 Å². The molecule has 0 aromatic carbocycles. The molecular formula is C13H17F7O2S. The predicted molar refractivity (Wildman–Crippen MR) is 71.2 cm³/mol. The summed E-state index contributed by atoms with van der Waals surface area (Å²) in [6, 6.07) is 0. The molecule has 0 spiro atoms. The number of alkyl halides is 7. The Kier molecular flexibility index (Phi) is 5.34. The van der Waals surface area contributed by atoms with Crippen molar-refractivity contribution < 1.29 is 39.7 Å². The molecule has 0 atom stereocenters. The highest BCUT2D eigenvalue weighted by Gasteiger charge is 2.62. The SMILES string of the molecule is CC1(C)C=C(OSC(F)(F)CC(F)(F)C(F)(F)F)CC(C)(C)O1. The summed E-state index contributed by atoms with van der Waals surface area (Å²) in [6.45, 7) is 6.62. The first-order chi connectivity index (χ1) is 9.95. The lowest BCUT2D eigenvalue weighted by Crippen LogP contribution is -2.41. The monoisotopic (exact) mass is 370 g/mol. The Morgan fingerprint density at radius 3 is 2.04 bits per heavy atom. The molecule has 0 bridgehead atoms. The van der Waals surface area contributed by atoms with Crippen LogP contribution in [0.15, 0.2) is 11.8 Å². The molecule has 1 heterocycles. The van der Waals surface area contributed by atoms with Gasteiger partial charge in [0.05, 0.1) is 17.6 Å². The van der Waals surface area contributed by atoms with E-state index in [2.05, 4.69) is 0 Å². The third kappa shape index (κ3) is 6.06. The van der Waals surface area contributed by atoms with E-state index >= 15 is 0 Å². The average molecular weight is 370 g/mol. The number of halogens is 7. The topological polar surface area (TPSA) is 18.5 Å². The molecule has 1 aliphatic heterocycles. The van der Waals surface area contributed by atoms with Gasteiger partial charge in [-0.2, -0.15) is 30.7 Å². The Balaban J connectivity index is 2.75. The maximum Gasteiger partial charge on any atom is 0.453 e. The summed E-state index contributed by atoms with van der Waals surface area (Å²) in [7, 11) is 0. The molecule has 23 heavy (non-hydrogen) atoms. The van der Waals surface area contributed by atoms with Crippen molar-refractivity contribution in [1.82, 2.24) is 0 Å². The second kappa shape index (κ2) is 6.02. The molecule has 0 aromatic rings. The van der Waals surface area contributed by atoms with Crippen LogP contribution in [0.1, 0.15) is 40.5 Å². The van der Waals surface area contributed by atoms with Gasteiger partial charge in [-0.3, -0.25) is 0 Å². The molecule has 0 saturated carbocycles. The zero-order chi connectivity index (χ0) is 18.3. The van der Waals surface area contributed by atoms with E-state index in [9.17, 15) is 30.7 Å². The second-order valence-corrected chi connectivity index (χ2v) is 7.37. The van der Waals surface area contributed by atoms with Gasteiger partial charge in [0.15, 0.2) is 0 Å².